The van der Waals surface area contributed by atoms with Gasteiger partial charge in [0.15, 0.2) is 11.6 Å². The number of nitrogens with one attached hydrogen (secondary N) is 3. The topological polar surface area (TPSA) is 157 Å². The largest absolute Gasteiger partial charge is 0.573 e. The first-order valence-electron chi connectivity index (χ1n) is 11.4. The van der Waals surface area contributed by atoms with Gasteiger partial charge < -0.3 is 15.0 Å². The molecule has 0 spiro atoms. The number of pyridine rings is 1. The molecule has 40 heavy (non-hydrogen) atoms. The van der Waals surface area contributed by atoms with Gasteiger partial charge in [0.2, 0.25) is 5.95 Å². The fraction of sp³-hybridized carbons (Fsp3) is 0.348. The normalized spacial score (nSPS) is 13.2. The van der Waals surface area contributed by atoms with E-state index < -0.39 is 52.9 Å². The maximum absolute atomic E-state index is 12.9. The summed E-state index contributed by atoms with van der Waals surface area (Å²) in [6, 6.07) is 2.05. The van der Waals surface area contributed by atoms with Crippen molar-refractivity contribution in [2.24, 2.45) is 0 Å². The van der Waals surface area contributed by atoms with Crippen molar-refractivity contribution in [1.82, 2.24) is 24.9 Å². The molecule has 3 heterocycles. The molecule has 0 aliphatic heterocycles. The minimum absolute atomic E-state index is 0.0780. The number of halogens is 6. The smallest absolute Gasteiger partial charge is 0.402 e. The Labute approximate surface area is 222 Å². The van der Waals surface area contributed by atoms with Gasteiger partial charge in [-0.05, 0) is 25.0 Å². The maximum Gasteiger partial charge on any atom is 0.573 e. The molecule has 3 aromatic rings. The zero-order valence-corrected chi connectivity index (χ0v) is 21.0. The van der Waals surface area contributed by atoms with Crippen LogP contribution in [-0.2, 0) is 6.18 Å². The van der Waals surface area contributed by atoms with Gasteiger partial charge in [0.05, 0.1) is 24.5 Å². The summed E-state index contributed by atoms with van der Waals surface area (Å²) >= 11 is 0. The van der Waals surface area contributed by atoms with Crippen molar-refractivity contribution in [3.8, 4) is 11.8 Å². The molecular formula is C23H21F6N9O2. The fourth-order valence-electron chi connectivity index (χ4n) is 3.60. The first-order chi connectivity index (χ1) is 18.6. The third-order valence-electron chi connectivity index (χ3n) is 5.57. The van der Waals surface area contributed by atoms with Crippen LogP contribution in [0.2, 0.25) is 0 Å². The van der Waals surface area contributed by atoms with E-state index in [9.17, 15) is 36.4 Å². The molecule has 3 rings (SSSR count). The van der Waals surface area contributed by atoms with Crippen LogP contribution < -0.4 is 20.5 Å². The Balaban J connectivity index is 1.96. The third-order valence-corrected chi connectivity index (χ3v) is 5.57. The van der Waals surface area contributed by atoms with E-state index in [1.165, 1.54) is 18.0 Å². The summed E-state index contributed by atoms with van der Waals surface area (Å²) in [4.78, 5) is 32.4. The van der Waals surface area contributed by atoms with Crippen LogP contribution in [0.1, 0.15) is 55.0 Å². The highest BCUT2D eigenvalue weighted by molar-refractivity contribution is 6.12. The predicted octanol–water partition coefficient (Wildman–Crippen LogP) is 4.52. The van der Waals surface area contributed by atoms with Crippen molar-refractivity contribution in [2.75, 3.05) is 17.3 Å². The van der Waals surface area contributed by atoms with Gasteiger partial charge >= 0.3 is 12.5 Å². The molecule has 0 aliphatic rings. The molecule has 0 aliphatic carbocycles. The van der Waals surface area contributed by atoms with Crippen molar-refractivity contribution in [3.63, 3.8) is 0 Å². The minimum atomic E-state index is -4.93. The monoisotopic (exact) mass is 569 g/mol. The van der Waals surface area contributed by atoms with E-state index in [1.54, 1.807) is 19.9 Å². The maximum atomic E-state index is 12.9. The van der Waals surface area contributed by atoms with Gasteiger partial charge in [-0.15, -0.1) is 13.2 Å². The first-order valence-corrected chi connectivity index (χ1v) is 11.4. The molecule has 3 aromatic heterocycles. The highest BCUT2D eigenvalue weighted by Crippen LogP contribution is 2.30. The zero-order valence-electron chi connectivity index (χ0n) is 21.0. The van der Waals surface area contributed by atoms with Crippen LogP contribution in [0.15, 0.2) is 35.5 Å². The van der Waals surface area contributed by atoms with E-state index in [-0.39, 0.29) is 17.6 Å². The van der Waals surface area contributed by atoms with Gasteiger partial charge in [-0.2, -0.15) is 23.4 Å². The van der Waals surface area contributed by atoms with Crippen molar-refractivity contribution < 1.29 is 31.1 Å². The predicted molar refractivity (Wildman–Crippen MR) is 129 cm³/mol. The molecule has 0 aromatic carbocycles. The molecule has 2 atom stereocenters. The molecule has 0 saturated carbocycles. The van der Waals surface area contributed by atoms with E-state index in [2.05, 4.69) is 35.0 Å². The molecule has 2 unspecified atom stereocenters. The molecule has 0 saturated heterocycles. The number of ether oxygens (including phenoxy) is 1. The summed E-state index contributed by atoms with van der Waals surface area (Å²) in [5.41, 5.74) is -2.81. The lowest BCUT2D eigenvalue weighted by Gasteiger charge is -2.27. The number of hydrogen-bond donors (Lipinski definition) is 3. The number of alkyl halides is 6. The van der Waals surface area contributed by atoms with E-state index in [1.807, 2.05) is 0 Å². The summed E-state index contributed by atoms with van der Waals surface area (Å²) in [6.45, 7) is 3.27. The lowest BCUT2D eigenvalue weighted by atomic mass is 10.1. The molecule has 11 nitrogen and oxygen atoms in total. The van der Waals surface area contributed by atoms with Crippen molar-refractivity contribution in [1.29, 1.82) is 10.7 Å². The number of hydrogen-bond acceptors (Lipinski definition) is 10. The number of aromatic amines is 1. The lowest BCUT2D eigenvalue weighted by Crippen LogP contribution is -2.31. The lowest BCUT2D eigenvalue weighted by molar-refractivity contribution is -0.274. The van der Waals surface area contributed by atoms with Crippen LogP contribution in [0.25, 0.3) is 0 Å². The number of H-pyrrole nitrogens is 1. The van der Waals surface area contributed by atoms with Crippen molar-refractivity contribution in [3.05, 3.63) is 63.7 Å². The standard InChI is InChI=1S/C23H21F6N9O2/c1-4-15(18-33-9-13(10-34-18)40-23(27,28)29)38(3)21-36-19(17(14(31)7-30)20(39)37-21)35-11(2)12-5-6-16(32-8-12)22(24,25)26/h5-6,8-11,15,31H,4H2,1-3H3,(H2,35,36,37,39). The molecular weight excluding hydrogens is 548 g/mol. The number of nitrogens with zero attached hydrogens (tertiary/aromatic N) is 6. The minimum Gasteiger partial charge on any atom is -0.402 e. The average molecular weight is 569 g/mol. The highest BCUT2D eigenvalue weighted by atomic mass is 19.4. The molecule has 0 fully saturated rings. The van der Waals surface area contributed by atoms with Gasteiger partial charge in [-0.3, -0.25) is 20.2 Å². The van der Waals surface area contributed by atoms with Gasteiger partial charge in [0.1, 0.15) is 28.9 Å². The average Bonchev–Trinajstić information content (AvgIpc) is 2.88. The Hall–Kier alpha value is -4.75. The molecule has 17 heteroatoms. The quantitative estimate of drug-likeness (QED) is 0.249. The highest BCUT2D eigenvalue weighted by Gasteiger charge is 2.33. The van der Waals surface area contributed by atoms with Crippen molar-refractivity contribution >= 4 is 17.5 Å². The second kappa shape index (κ2) is 11.6. The van der Waals surface area contributed by atoms with Gasteiger partial charge in [-0.1, -0.05) is 13.0 Å². The van der Waals surface area contributed by atoms with Crippen LogP contribution in [0, 0.1) is 16.7 Å². The molecule has 3 N–H and O–H groups in total. The molecule has 0 amide bonds. The van der Waals surface area contributed by atoms with Crippen LogP contribution >= 0.6 is 0 Å². The van der Waals surface area contributed by atoms with E-state index >= 15 is 0 Å². The van der Waals surface area contributed by atoms with Crippen LogP contribution in [0.4, 0.5) is 38.1 Å². The Morgan fingerprint density at radius 1 is 1.18 bits per heavy atom. The van der Waals surface area contributed by atoms with Gasteiger partial charge in [0.25, 0.3) is 5.56 Å². The SMILES string of the molecule is CCC(c1ncc(OC(F)(F)F)cn1)N(C)c1nc(NC(C)c2ccc(C(F)(F)F)nc2)c(C(=N)C#N)c(=O)[nH]1. The number of nitriles is 1. The Bertz CT molecular complexity index is 1450. The summed E-state index contributed by atoms with van der Waals surface area (Å²) in [7, 11) is 1.50. The van der Waals surface area contributed by atoms with Crippen molar-refractivity contribution in [2.45, 2.75) is 44.9 Å². The zero-order chi connectivity index (χ0) is 29.8. The summed E-state index contributed by atoms with van der Waals surface area (Å²) in [5, 5.41) is 20.0. The summed E-state index contributed by atoms with van der Waals surface area (Å²) in [5.74, 6) is -0.840. The summed E-state index contributed by atoms with van der Waals surface area (Å²) < 4.78 is 79.7. The summed E-state index contributed by atoms with van der Waals surface area (Å²) in [6.07, 6.45) is -6.58. The van der Waals surface area contributed by atoms with Gasteiger partial charge in [0, 0.05) is 13.2 Å². The van der Waals surface area contributed by atoms with E-state index in [0.29, 0.717) is 12.0 Å². The van der Waals surface area contributed by atoms with E-state index in [4.69, 9.17) is 5.41 Å². The van der Waals surface area contributed by atoms with Crippen LogP contribution in [0.3, 0.4) is 0 Å². The Morgan fingerprint density at radius 3 is 2.33 bits per heavy atom. The fourth-order valence-corrected chi connectivity index (χ4v) is 3.60. The Kier molecular flexibility index (Phi) is 8.61. The number of rotatable bonds is 9. The number of aromatic nitrogens is 5. The molecule has 0 radical (unpaired) electrons. The van der Waals surface area contributed by atoms with Crippen LogP contribution in [-0.4, -0.2) is 44.0 Å². The Morgan fingerprint density at radius 2 is 1.82 bits per heavy atom. The van der Waals surface area contributed by atoms with Crippen LogP contribution in [0.5, 0.6) is 5.75 Å². The van der Waals surface area contributed by atoms with Gasteiger partial charge in [-0.25, -0.2) is 9.97 Å². The third kappa shape index (κ3) is 7.01. The number of anilines is 2. The molecule has 212 valence electrons. The molecule has 0 bridgehead atoms. The second-order valence-electron chi connectivity index (χ2n) is 8.30. The second-order valence-corrected chi connectivity index (χ2v) is 8.30. The van der Waals surface area contributed by atoms with E-state index in [0.717, 1.165) is 24.7 Å². The first kappa shape index (κ1) is 29.8.